The summed E-state index contributed by atoms with van der Waals surface area (Å²) in [5, 5.41) is 2.06. The predicted octanol–water partition coefficient (Wildman–Crippen LogP) is 3.96. The first-order valence-corrected chi connectivity index (χ1v) is 13.8. The molecule has 4 rings (SSSR count). The van der Waals surface area contributed by atoms with Crippen molar-refractivity contribution in [3.05, 3.63) is 82.0 Å². The molecule has 0 radical (unpaired) electrons. The summed E-state index contributed by atoms with van der Waals surface area (Å²) < 4.78 is 38.6. The second kappa shape index (κ2) is 11.3. The molecular formula is C26H30N2O5S2. The van der Waals surface area contributed by atoms with Crippen LogP contribution in [-0.4, -0.2) is 64.0 Å². The Kier molecular flexibility index (Phi) is 8.22. The highest BCUT2D eigenvalue weighted by Gasteiger charge is 2.35. The summed E-state index contributed by atoms with van der Waals surface area (Å²) in [6, 6.07) is 18.0. The van der Waals surface area contributed by atoms with Crippen LogP contribution in [0.15, 0.2) is 70.9 Å². The number of ether oxygens (including phenoxy) is 2. The van der Waals surface area contributed by atoms with Gasteiger partial charge < -0.3 is 14.4 Å². The summed E-state index contributed by atoms with van der Waals surface area (Å²) in [7, 11) is -0.794. The average Bonchev–Trinajstić information content (AvgIpc) is 3.37. The first kappa shape index (κ1) is 25.4. The molecule has 1 aliphatic rings. The first-order valence-electron chi connectivity index (χ1n) is 11.5. The maximum absolute atomic E-state index is 13.7. The molecule has 0 unspecified atom stereocenters. The van der Waals surface area contributed by atoms with Crippen molar-refractivity contribution in [1.82, 2.24) is 9.21 Å². The molecule has 7 nitrogen and oxygen atoms in total. The number of fused-ring (bicyclic) bond motifs is 1. The molecule has 0 N–H and O–H groups in total. The van der Waals surface area contributed by atoms with Crippen molar-refractivity contribution in [2.75, 3.05) is 40.5 Å². The van der Waals surface area contributed by atoms with Crippen molar-refractivity contribution in [3.8, 4) is 5.75 Å². The van der Waals surface area contributed by atoms with Gasteiger partial charge in [-0.25, -0.2) is 8.42 Å². The summed E-state index contributed by atoms with van der Waals surface area (Å²) in [6.07, 6.45) is 1.24. The van der Waals surface area contributed by atoms with Gasteiger partial charge in [-0.3, -0.25) is 4.79 Å². The molecule has 9 heteroatoms. The lowest BCUT2D eigenvalue weighted by Gasteiger charge is -2.37. The van der Waals surface area contributed by atoms with Gasteiger partial charge in [0, 0.05) is 31.7 Å². The van der Waals surface area contributed by atoms with Gasteiger partial charge in [0.25, 0.3) is 0 Å². The third-order valence-corrected chi connectivity index (χ3v) is 9.02. The van der Waals surface area contributed by atoms with Crippen molar-refractivity contribution in [1.29, 1.82) is 0 Å². The summed E-state index contributed by atoms with van der Waals surface area (Å²) in [5.41, 5.74) is 2.13. The van der Waals surface area contributed by atoms with Gasteiger partial charge in [0.1, 0.15) is 5.75 Å². The first-order chi connectivity index (χ1) is 17.0. The van der Waals surface area contributed by atoms with Gasteiger partial charge in [-0.15, -0.1) is 11.3 Å². The number of benzene rings is 2. The Labute approximate surface area is 210 Å². The Balaban J connectivity index is 1.62. The normalized spacial score (nSPS) is 15.7. The Morgan fingerprint density at radius 2 is 1.83 bits per heavy atom. The van der Waals surface area contributed by atoms with Gasteiger partial charge in [-0.1, -0.05) is 30.3 Å². The van der Waals surface area contributed by atoms with E-state index in [0.29, 0.717) is 25.3 Å². The molecule has 1 atom stereocenters. The molecule has 35 heavy (non-hydrogen) atoms. The number of rotatable bonds is 10. The molecule has 1 amide bonds. The minimum atomic E-state index is -3.90. The number of carbonyl (C=O) groups is 1. The number of hydrogen-bond donors (Lipinski definition) is 0. The van der Waals surface area contributed by atoms with E-state index in [4.69, 9.17) is 9.47 Å². The van der Waals surface area contributed by atoms with Gasteiger partial charge in [0.05, 0.1) is 24.6 Å². The fourth-order valence-corrected chi connectivity index (χ4v) is 6.72. The fourth-order valence-electron chi connectivity index (χ4n) is 4.39. The lowest BCUT2D eigenvalue weighted by molar-refractivity contribution is -0.133. The van der Waals surface area contributed by atoms with E-state index >= 15 is 0 Å². The third-order valence-electron chi connectivity index (χ3n) is 6.17. The monoisotopic (exact) mass is 514 g/mol. The second-order valence-corrected chi connectivity index (χ2v) is 11.2. The van der Waals surface area contributed by atoms with E-state index in [1.165, 1.54) is 28.4 Å². The summed E-state index contributed by atoms with van der Waals surface area (Å²) in [4.78, 5) is 16.9. The van der Waals surface area contributed by atoms with Crippen molar-refractivity contribution in [2.45, 2.75) is 23.8 Å². The standard InChI is InChI=1S/C26H30N2O5S2/c1-32-17-6-15-27(35(30,31)22-11-9-21(33-2)10-12-22)19-25(29)28-16-13-24-23(14-18-34-24)26(28)20-7-4-3-5-8-20/h3-5,7-12,14,18,26H,6,13,15-17,19H2,1-2H3/t26-/m0/s1. The molecule has 2 heterocycles. The number of thiophene rings is 1. The number of carbonyl (C=O) groups excluding carboxylic acids is 1. The summed E-state index contributed by atoms with van der Waals surface area (Å²) in [6.45, 7) is 0.889. The van der Waals surface area contributed by atoms with Crippen LogP contribution in [0.5, 0.6) is 5.75 Å². The Morgan fingerprint density at radius 1 is 1.09 bits per heavy atom. The quantitative estimate of drug-likeness (QED) is 0.383. The van der Waals surface area contributed by atoms with E-state index in [1.54, 1.807) is 30.6 Å². The van der Waals surface area contributed by atoms with E-state index in [9.17, 15) is 13.2 Å². The Morgan fingerprint density at radius 3 is 2.51 bits per heavy atom. The fraction of sp³-hybridized carbons (Fsp3) is 0.346. The van der Waals surface area contributed by atoms with Crippen LogP contribution in [0.4, 0.5) is 0 Å². The van der Waals surface area contributed by atoms with E-state index < -0.39 is 10.0 Å². The largest absolute Gasteiger partial charge is 0.497 e. The molecule has 0 saturated carbocycles. The van der Waals surface area contributed by atoms with Crippen molar-refractivity contribution in [2.24, 2.45) is 0 Å². The van der Waals surface area contributed by atoms with Crippen molar-refractivity contribution >= 4 is 27.3 Å². The van der Waals surface area contributed by atoms with Gasteiger partial charge in [0.15, 0.2) is 0 Å². The highest BCUT2D eigenvalue weighted by atomic mass is 32.2. The van der Waals surface area contributed by atoms with Crippen LogP contribution in [0.1, 0.15) is 28.5 Å². The second-order valence-electron chi connectivity index (χ2n) is 8.31. The minimum absolute atomic E-state index is 0.127. The van der Waals surface area contributed by atoms with Crippen LogP contribution < -0.4 is 4.74 Å². The topological polar surface area (TPSA) is 76.2 Å². The molecule has 0 saturated heterocycles. The average molecular weight is 515 g/mol. The number of sulfonamides is 1. The predicted molar refractivity (Wildman–Crippen MR) is 136 cm³/mol. The van der Waals surface area contributed by atoms with Crippen LogP contribution in [0.3, 0.4) is 0 Å². The molecule has 1 aliphatic heterocycles. The highest BCUT2D eigenvalue weighted by Crippen LogP contribution is 2.38. The van der Waals surface area contributed by atoms with Crippen molar-refractivity contribution in [3.63, 3.8) is 0 Å². The number of nitrogens with zero attached hydrogens (tertiary/aromatic N) is 2. The van der Waals surface area contributed by atoms with E-state index in [0.717, 1.165) is 17.5 Å². The van der Waals surface area contributed by atoms with Gasteiger partial charge in [0.2, 0.25) is 15.9 Å². The zero-order chi connectivity index (χ0) is 24.8. The van der Waals surface area contributed by atoms with Gasteiger partial charge in [-0.05, 0) is 59.7 Å². The molecule has 0 bridgehead atoms. The maximum atomic E-state index is 13.7. The van der Waals surface area contributed by atoms with E-state index in [1.807, 2.05) is 35.2 Å². The third kappa shape index (κ3) is 5.59. The smallest absolute Gasteiger partial charge is 0.243 e. The number of amides is 1. The molecule has 0 fully saturated rings. The number of methoxy groups -OCH3 is 2. The minimum Gasteiger partial charge on any atom is -0.497 e. The molecule has 1 aromatic heterocycles. The van der Waals surface area contributed by atoms with E-state index in [2.05, 4.69) is 11.4 Å². The lowest BCUT2D eigenvalue weighted by atomic mass is 9.93. The molecule has 186 valence electrons. The zero-order valence-electron chi connectivity index (χ0n) is 19.9. The van der Waals surface area contributed by atoms with Crippen LogP contribution in [-0.2, 0) is 26.0 Å². The summed E-state index contributed by atoms with van der Waals surface area (Å²) in [5.74, 6) is 0.349. The Bertz CT molecular complexity index is 1230. The van der Waals surface area contributed by atoms with Gasteiger partial charge >= 0.3 is 0 Å². The van der Waals surface area contributed by atoms with Gasteiger partial charge in [-0.2, -0.15) is 4.31 Å². The van der Waals surface area contributed by atoms with Crippen LogP contribution in [0.25, 0.3) is 0 Å². The molecule has 2 aromatic carbocycles. The highest BCUT2D eigenvalue weighted by molar-refractivity contribution is 7.89. The van der Waals surface area contributed by atoms with Crippen LogP contribution in [0.2, 0.25) is 0 Å². The molecule has 0 spiro atoms. The zero-order valence-corrected chi connectivity index (χ0v) is 21.6. The lowest BCUT2D eigenvalue weighted by Crippen LogP contribution is -2.47. The molecular weight excluding hydrogens is 484 g/mol. The maximum Gasteiger partial charge on any atom is 0.243 e. The number of hydrogen-bond acceptors (Lipinski definition) is 6. The molecule has 3 aromatic rings. The summed E-state index contributed by atoms with van der Waals surface area (Å²) >= 11 is 1.70. The SMILES string of the molecule is COCCCN(CC(=O)N1CCc2sccc2[C@@H]1c1ccccc1)S(=O)(=O)c1ccc(OC)cc1. The van der Waals surface area contributed by atoms with Crippen LogP contribution in [0, 0.1) is 0 Å². The molecule has 0 aliphatic carbocycles. The van der Waals surface area contributed by atoms with E-state index in [-0.39, 0.29) is 29.9 Å². The Hall–Kier alpha value is -2.72. The van der Waals surface area contributed by atoms with Crippen molar-refractivity contribution < 1.29 is 22.7 Å². The van der Waals surface area contributed by atoms with Crippen LogP contribution >= 0.6 is 11.3 Å².